The molecule has 1 fully saturated rings. The molecule has 0 aliphatic carbocycles. The minimum absolute atomic E-state index is 0.0159. The Bertz CT molecular complexity index is 737. The van der Waals surface area contributed by atoms with Gasteiger partial charge in [-0.05, 0) is 12.1 Å². The van der Waals surface area contributed by atoms with Gasteiger partial charge in [0.25, 0.3) is 5.92 Å². The zero-order valence-electron chi connectivity index (χ0n) is 11.9. The van der Waals surface area contributed by atoms with Crippen molar-refractivity contribution in [1.29, 1.82) is 0 Å². The minimum atomic E-state index is -2.71. The Balaban J connectivity index is 1.82. The third kappa shape index (κ3) is 3.13. The Morgan fingerprint density at radius 1 is 1.30 bits per heavy atom. The lowest BCUT2D eigenvalue weighted by Gasteiger charge is -2.32. The van der Waals surface area contributed by atoms with Crippen LogP contribution in [0.15, 0.2) is 18.3 Å². The molecule has 6 nitrogen and oxygen atoms in total. The summed E-state index contributed by atoms with van der Waals surface area (Å²) in [6, 6.07) is 2.44. The molecule has 1 saturated heterocycles. The van der Waals surface area contributed by atoms with E-state index in [0.29, 0.717) is 11.3 Å². The van der Waals surface area contributed by atoms with Gasteiger partial charge in [0.15, 0.2) is 17.3 Å². The summed E-state index contributed by atoms with van der Waals surface area (Å²) in [5.41, 5.74) is 0.446. The van der Waals surface area contributed by atoms with Crippen LogP contribution < -0.4 is 4.90 Å². The second kappa shape index (κ2) is 5.56. The smallest absolute Gasteiger partial charge is 0.356 e. The average molecular weight is 326 g/mol. The van der Waals surface area contributed by atoms with E-state index in [1.54, 1.807) is 0 Å². The van der Waals surface area contributed by atoms with E-state index in [2.05, 4.69) is 15.2 Å². The van der Waals surface area contributed by atoms with Gasteiger partial charge in [-0.25, -0.2) is 22.9 Å². The van der Waals surface area contributed by atoms with Gasteiger partial charge < -0.3 is 10.0 Å². The largest absolute Gasteiger partial charge is 0.476 e. The minimum Gasteiger partial charge on any atom is -0.476 e. The molecule has 0 saturated carbocycles. The number of piperidine rings is 1. The number of nitrogens with one attached hydrogen (secondary N) is 1. The molecule has 1 aliphatic rings. The number of aromatic nitrogens is 3. The number of carboxylic acid groups (broad SMARTS) is 1. The molecule has 3 heterocycles. The summed E-state index contributed by atoms with van der Waals surface area (Å²) < 4.78 is 40.5. The van der Waals surface area contributed by atoms with E-state index >= 15 is 0 Å². The summed E-state index contributed by atoms with van der Waals surface area (Å²) in [5, 5.41) is 14.9. The van der Waals surface area contributed by atoms with Crippen molar-refractivity contribution in [2.75, 3.05) is 18.0 Å². The van der Waals surface area contributed by atoms with Gasteiger partial charge in [-0.1, -0.05) is 0 Å². The lowest BCUT2D eigenvalue weighted by Crippen LogP contribution is -2.40. The van der Waals surface area contributed by atoms with Crippen molar-refractivity contribution in [3.05, 3.63) is 29.8 Å². The second-order valence-electron chi connectivity index (χ2n) is 5.34. The number of alkyl halides is 2. The van der Waals surface area contributed by atoms with Gasteiger partial charge in [0, 0.05) is 37.7 Å². The zero-order valence-corrected chi connectivity index (χ0v) is 11.9. The zero-order chi connectivity index (χ0) is 16.6. The van der Waals surface area contributed by atoms with Crippen LogP contribution in [0.3, 0.4) is 0 Å². The summed E-state index contributed by atoms with van der Waals surface area (Å²) >= 11 is 0. The molecular formula is C14H13F3N4O2. The standard InChI is InChI=1S/C14H13F3N4O2/c15-9-5-8(10-6-11(13(22)23)20-19-10)7-18-12(9)21-3-1-14(16,17)2-4-21/h5-7H,1-4H2,(H,19,20)(H,22,23). The number of hydrogen-bond donors (Lipinski definition) is 2. The van der Waals surface area contributed by atoms with Crippen molar-refractivity contribution in [3.8, 4) is 11.3 Å². The van der Waals surface area contributed by atoms with E-state index < -0.39 is 17.7 Å². The molecule has 2 aromatic heterocycles. The average Bonchev–Trinajstić information content (AvgIpc) is 2.98. The van der Waals surface area contributed by atoms with Crippen molar-refractivity contribution < 1.29 is 23.1 Å². The Morgan fingerprint density at radius 3 is 2.57 bits per heavy atom. The van der Waals surface area contributed by atoms with Crippen LogP contribution in [-0.2, 0) is 0 Å². The maximum absolute atomic E-state index is 14.2. The molecule has 1 aliphatic heterocycles. The molecule has 3 rings (SSSR count). The summed E-state index contributed by atoms with van der Waals surface area (Å²) in [5.74, 6) is -4.55. The molecule has 0 amide bonds. The third-order valence-corrected chi connectivity index (χ3v) is 3.72. The first kappa shape index (κ1) is 15.3. The van der Waals surface area contributed by atoms with Crippen LogP contribution in [0.2, 0.25) is 0 Å². The number of anilines is 1. The highest BCUT2D eigenvalue weighted by molar-refractivity contribution is 5.86. The molecule has 2 aromatic rings. The molecule has 0 unspecified atom stereocenters. The number of H-pyrrole nitrogens is 1. The van der Waals surface area contributed by atoms with Gasteiger partial charge in [0.05, 0.1) is 5.69 Å². The number of hydrogen-bond acceptors (Lipinski definition) is 4. The summed E-state index contributed by atoms with van der Waals surface area (Å²) in [4.78, 5) is 16.3. The SMILES string of the molecule is O=C(O)c1cc(-c2cnc(N3CCC(F)(F)CC3)c(F)c2)[nH]n1. The lowest BCUT2D eigenvalue weighted by molar-refractivity contribution is -0.0222. The first-order valence-electron chi connectivity index (χ1n) is 6.93. The predicted octanol–water partition coefficient (Wildman–Crippen LogP) is 2.54. The van der Waals surface area contributed by atoms with Gasteiger partial charge in [-0.15, -0.1) is 0 Å². The predicted molar refractivity (Wildman–Crippen MR) is 75.1 cm³/mol. The Morgan fingerprint density at radius 2 is 2.00 bits per heavy atom. The quantitative estimate of drug-likeness (QED) is 0.906. The number of pyridine rings is 1. The Hall–Kier alpha value is -2.58. The summed E-state index contributed by atoms with van der Waals surface area (Å²) in [6.45, 7) is 0.0625. The van der Waals surface area contributed by atoms with Gasteiger partial charge in [-0.3, -0.25) is 5.10 Å². The molecule has 122 valence electrons. The fraction of sp³-hybridized carbons (Fsp3) is 0.357. The van der Waals surface area contributed by atoms with Crippen molar-refractivity contribution in [1.82, 2.24) is 15.2 Å². The van der Waals surface area contributed by atoms with Crippen LogP contribution in [0.25, 0.3) is 11.3 Å². The van der Waals surface area contributed by atoms with E-state index in [9.17, 15) is 18.0 Å². The van der Waals surface area contributed by atoms with Crippen molar-refractivity contribution in [2.45, 2.75) is 18.8 Å². The molecule has 9 heteroatoms. The van der Waals surface area contributed by atoms with Crippen molar-refractivity contribution in [3.63, 3.8) is 0 Å². The van der Waals surface area contributed by atoms with E-state index in [4.69, 9.17) is 5.11 Å². The molecule has 0 radical (unpaired) electrons. The molecular weight excluding hydrogens is 313 g/mol. The van der Waals surface area contributed by atoms with Gasteiger partial charge in [-0.2, -0.15) is 5.10 Å². The first-order valence-corrected chi connectivity index (χ1v) is 6.93. The molecule has 0 aromatic carbocycles. The first-order chi connectivity index (χ1) is 10.9. The van der Waals surface area contributed by atoms with E-state index in [1.807, 2.05) is 0 Å². The van der Waals surface area contributed by atoms with Gasteiger partial charge in [0.1, 0.15) is 0 Å². The van der Waals surface area contributed by atoms with Crippen LogP contribution in [-0.4, -0.2) is 45.3 Å². The highest BCUT2D eigenvalue weighted by Crippen LogP contribution is 2.31. The van der Waals surface area contributed by atoms with Crippen LogP contribution in [0.4, 0.5) is 19.0 Å². The maximum atomic E-state index is 14.2. The third-order valence-electron chi connectivity index (χ3n) is 3.72. The van der Waals surface area contributed by atoms with Gasteiger partial charge in [0.2, 0.25) is 0 Å². The molecule has 0 atom stereocenters. The summed E-state index contributed by atoms with van der Waals surface area (Å²) in [6.07, 6.45) is 0.682. The van der Waals surface area contributed by atoms with Crippen molar-refractivity contribution in [2.24, 2.45) is 0 Å². The van der Waals surface area contributed by atoms with Crippen LogP contribution in [0.1, 0.15) is 23.3 Å². The second-order valence-corrected chi connectivity index (χ2v) is 5.34. The van der Waals surface area contributed by atoms with Crippen LogP contribution >= 0.6 is 0 Å². The highest BCUT2D eigenvalue weighted by atomic mass is 19.3. The van der Waals surface area contributed by atoms with E-state index in [1.165, 1.54) is 23.2 Å². The topological polar surface area (TPSA) is 82.1 Å². The molecule has 0 bridgehead atoms. The molecule has 2 N–H and O–H groups in total. The number of aromatic amines is 1. The number of nitrogens with zero attached hydrogens (tertiary/aromatic N) is 3. The summed E-state index contributed by atoms with van der Waals surface area (Å²) in [7, 11) is 0. The number of halogens is 3. The normalized spacial score (nSPS) is 17.3. The van der Waals surface area contributed by atoms with Crippen LogP contribution in [0.5, 0.6) is 0 Å². The number of aromatic carboxylic acids is 1. The Kier molecular flexibility index (Phi) is 3.70. The monoisotopic (exact) mass is 326 g/mol. The number of rotatable bonds is 3. The van der Waals surface area contributed by atoms with E-state index in [-0.39, 0.29) is 37.4 Å². The fourth-order valence-electron chi connectivity index (χ4n) is 2.44. The highest BCUT2D eigenvalue weighted by Gasteiger charge is 2.35. The molecule has 0 spiro atoms. The Labute approximate surface area is 129 Å². The lowest BCUT2D eigenvalue weighted by atomic mass is 10.1. The number of carbonyl (C=O) groups is 1. The molecule has 23 heavy (non-hydrogen) atoms. The fourth-order valence-corrected chi connectivity index (χ4v) is 2.44. The van der Waals surface area contributed by atoms with Crippen LogP contribution in [0, 0.1) is 5.82 Å². The van der Waals surface area contributed by atoms with Gasteiger partial charge >= 0.3 is 5.97 Å². The number of carboxylic acids is 1. The van der Waals surface area contributed by atoms with Crippen molar-refractivity contribution >= 4 is 11.8 Å². The van der Waals surface area contributed by atoms with E-state index in [0.717, 1.165) is 0 Å². The maximum Gasteiger partial charge on any atom is 0.356 e.